The molecule has 0 aliphatic rings. The van der Waals surface area contributed by atoms with Crippen LogP contribution in [0.4, 0.5) is 0 Å². The molecule has 0 aliphatic heterocycles. The molecule has 1 amide bonds. The van der Waals surface area contributed by atoms with Gasteiger partial charge in [-0.1, -0.05) is 12.1 Å². The van der Waals surface area contributed by atoms with Crippen molar-refractivity contribution in [3.8, 4) is 5.75 Å². The molecule has 6 heteroatoms. The van der Waals surface area contributed by atoms with Crippen LogP contribution >= 0.6 is 0 Å². The summed E-state index contributed by atoms with van der Waals surface area (Å²) in [5, 5.41) is 7.07. The summed E-state index contributed by atoms with van der Waals surface area (Å²) in [6.45, 7) is 6.33. The lowest BCUT2D eigenvalue weighted by atomic mass is 10.1. The zero-order valence-corrected chi connectivity index (χ0v) is 14.9. The van der Waals surface area contributed by atoms with Crippen molar-refractivity contribution in [2.24, 2.45) is 7.05 Å². The van der Waals surface area contributed by atoms with E-state index in [2.05, 4.69) is 16.5 Å². The van der Waals surface area contributed by atoms with Gasteiger partial charge in [-0.25, -0.2) is 0 Å². The first-order valence-corrected chi connectivity index (χ1v) is 7.89. The number of ether oxygens (including phenoxy) is 2. The number of aromatic nitrogens is 2. The molecule has 1 N–H and O–H groups in total. The summed E-state index contributed by atoms with van der Waals surface area (Å²) in [5.74, 6) is 0.576. The quantitative estimate of drug-likeness (QED) is 0.845. The molecule has 6 nitrogen and oxygen atoms in total. The van der Waals surface area contributed by atoms with Crippen molar-refractivity contribution < 1.29 is 14.3 Å². The first-order chi connectivity index (χ1) is 11.4. The Kier molecular flexibility index (Phi) is 5.98. The Labute approximate surface area is 142 Å². The van der Waals surface area contributed by atoms with Crippen LogP contribution in [-0.4, -0.2) is 36.0 Å². The molecule has 1 atom stereocenters. The van der Waals surface area contributed by atoms with E-state index in [4.69, 9.17) is 9.47 Å². The van der Waals surface area contributed by atoms with Crippen molar-refractivity contribution in [3.05, 3.63) is 46.8 Å². The maximum absolute atomic E-state index is 12.3. The molecule has 1 aromatic heterocycles. The molecule has 1 unspecified atom stereocenters. The number of carbonyl (C=O) groups excluding carboxylic acids is 1. The van der Waals surface area contributed by atoms with E-state index >= 15 is 0 Å². The zero-order valence-electron chi connectivity index (χ0n) is 14.9. The van der Waals surface area contributed by atoms with Gasteiger partial charge in [0, 0.05) is 20.4 Å². The van der Waals surface area contributed by atoms with Crippen LogP contribution in [0.5, 0.6) is 5.75 Å². The Morgan fingerprint density at radius 2 is 1.96 bits per heavy atom. The molecule has 0 saturated heterocycles. The predicted octanol–water partition coefficient (Wildman–Crippen LogP) is 2.23. The monoisotopic (exact) mass is 331 g/mol. The lowest BCUT2D eigenvalue weighted by molar-refractivity contribution is -0.124. The van der Waals surface area contributed by atoms with Crippen molar-refractivity contribution in [2.45, 2.75) is 26.8 Å². The molecule has 1 heterocycles. The zero-order chi connectivity index (χ0) is 17.7. The van der Waals surface area contributed by atoms with E-state index in [1.165, 1.54) is 0 Å². The van der Waals surface area contributed by atoms with Crippen LogP contribution in [0.15, 0.2) is 24.4 Å². The van der Waals surface area contributed by atoms with Gasteiger partial charge in [-0.2, -0.15) is 5.10 Å². The van der Waals surface area contributed by atoms with Crippen LogP contribution in [0.25, 0.3) is 0 Å². The van der Waals surface area contributed by atoms with E-state index in [-0.39, 0.29) is 18.6 Å². The van der Waals surface area contributed by atoms with Gasteiger partial charge in [0.15, 0.2) is 6.61 Å². The second kappa shape index (κ2) is 7.97. The first kappa shape index (κ1) is 18.0. The topological polar surface area (TPSA) is 65.4 Å². The molecule has 0 aliphatic carbocycles. The van der Waals surface area contributed by atoms with Crippen LogP contribution in [0.2, 0.25) is 0 Å². The van der Waals surface area contributed by atoms with E-state index < -0.39 is 0 Å². The highest BCUT2D eigenvalue weighted by molar-refractivity contribution is 5.78. The van der Waals surface area contributed by atoms with Crippen LogP contribution < -0.4 is 10.1 Å². The number of rotatable bonds is 7. The van der Waals surface area contributed by atoms with Gasteiger partial charge in [-0.3, -0.25) is 9.48 Å². The molecule has 1 aromatic carbocycles. The molecule has 0 radical (unpaired) electrons. The van der Waals surface area contributed by atoms with Gasteiger partial charge in [0.25, 0.3) is 5.91 Å². The van der Waals surface area contributed by atoms with Gasteiger partial charge in [0.1, 0.15) is 5.75 Å². The highest BCUT2D eigenvalue weighted by atomic mass is 16.5. The number of nitrogens with one attached hydrogen (secondary N) is 1. The van der Waals surface area contributed by atoms with Crippen LogP contribution in [0.3, 0.4) is 0 Å². The minimum atomic E-state index is -0.265. The third kappa shape index (κ3) is 4.14. The van der Waals surface area contributed by atoms with Gasteiger partial charge >= 0.3 is 0 Å². The summed E-state index contributed by atoms with van der Waals surface area (Å²) in [6, 6.07) is 5.64. The number of methoxy groups -OCH3 is 1. The highest BCUT2D eigenvalue weighted by Gasteiger charge is 2.18. The molecule has 130 valence electrons. The predicted molar refractivity (Wildman–Crippen MR) is 92.1 cm³/mol. The minimum Gasteiger partial charge on any atom is -0.483 e. The fraction of sp³-hybridized carbons (Fsp3) is 0.444. The molecular weight excluding hydrogens is 306 g/mol. The number of benzene rings is 1. The first-order valence-electron chi connectivity index (χ1n) is 7.89. The summed E-state index contributed by atoms with van der Waals surface area (Å²) in [5.41, 5.74) is 4.10. The largest absolute Gasteiger partial charge is 0.483 e. The Morgan fingerprint density at radius 3 is 2.58 bits per heavy atom. The lowest BCUT2D eigenvalue weighted by Crippen LogP contribution is -2.36. The summed E-state index contributed by atoms with van der Waals surface area (Å²) in [7, 11) is 3.44. The van der Waals surface area contributed by atoms with Crippen molar-refractivity contribution >= 4 is 5.91 Å². The normalized spacial score (nSPS) is 12.0. The van der Waals surface area contributed by atoms with Crippen molar-refractivity contribution in [2.75, 3.05) is 20.3 Å². The molecular formula is C18H25N3O3. The third-order valence-corrected chi connectivity index (χ3v) is 4.11. The molecule has 2 rings (SSSR count). The van der Waals surface area contributed by atoms with E-state index in [9.17, 15) is 4.79 Å². The summed E-state index contributed by atoms with van der Waals surface area (Å²) in [6.07, 6.45) is 1.69. The van der Waals surface area contributed by atoms with Crippen LogP contribution in [-0.2, 0) is 16.6 Å². The minimum absolute atomic E-state index is 0.0385. The van der Waals surface area contributed by atoms with E-state index in [0.29, 0.717) is 6.61 Å². The van der Waals surface area contributed by atoms with E-state index in [1.807, 2.05) is 40.0 Å². The van der Waals surface area contributed by atoms with Gasteiger partial charge in [0.05, 0.1) is 18.3 Å². The van der Waals surface area contributed by atoms with E-state index in [0.717, 1.165) is 28.1 Å². The number of aryl methyl sites for hydroxylation is 3. The summed E-state index contributed by atoms with van der Waals surface area (Å²) >= 11 is 0. The highest BCUT2D eigenvalue weighted by Crippen LogP contribution is 2.25. The second-order valence-corrected chi connectivity index (χ2v) is 5.90. The Balaban J connectivity index is 2.02. The Bertz CT molecular complexity index is 710. The third-order valence-electron chi connectivity index (χ3n) is 4.11. The van der Waals surface area contributed by atoms with Crippen molar-refractivity contribution in [3.63, 3.8) is 0 Å². The van der Waals surface area contributed by atoms with Crippen molar-refractivity contribution in [1.82, 2.24) is 15.1 Å². The molecule has 0 bridgehead atoms. The van der Waals surface area contributed by atoms with Gasteiger partial charge < -0.3 is 14.8 Å². The smallest absolute Gasteiger partial charge is 0.258 e. The molecule has 2 aromatic rings. The standard InChI is InChI=1S/C18H25N3O3/c1-12-6-7-13(2)18(14(12)3)24-11-17(22)20-15(10-23-5)16-8-9-19-21(16)4/h6-9,15H,10-11H2,1-5H3,(H,20,22). The molecule has 0 spiro atoms. The fourth-order valence-electron chi connectivity index (χ4n) is 2.61. The van der Waals surface area contributed by atoms with Gasteiger partial charge in [0.2, 0.25) is 0 Å². The number of hydrogen-bond donors (Lipinski definition) is 1. The molecule has 0 fully saturated rings. The maximum Gasteiger partial charge on any atom is 0.258 e. The van der Waals surface area contributed by atoms with E-state index in [1.54, 1.807) is 18.0 Å². The van der Waals surface area contributed by atoms with Crippen molar-refractivity contribution in [1.29, 1.82) is 0 Å². The van der Waals surface area contributed by atoms with Gasteiger partial charge in [-0.05, 0) is 43.5 Å². The average molecular weight is 331 g/mol. The number of hydrogen-bond acceptors (Lipinski definition) is 4. The van der Waals surface area contributed by atoms with Crippen LogP contribution in [0.1, 0.15) is 28.4 Å². The molecule has 0 saturated carbocycles. The SMILES string of the molecule is COCC(NC(=O)COc1c(C)ccc(C)c1C)c1ccnn1C. The summed E-state index contributed by atoms with van der Waals surface area (Å²) < 4.78 is 12.7. The fourth-order valence-corrected chi connectivity index (χ4v) is 2.61. The number of carbonyl (C=O) groups is 1. The maximum atomic E-state index is 12.3. The number of nitrogens with zero attached hydrogens (tertiary/aromatic N) is 2. The number of amides is 1. The second-order valence-electron chi connectivity index (χ2n) is 5.90. The van der Waals surface area contributed by atoms with Gasteiger partial charge in [-0.15, -0.1) is 0 Å². The summed E-state index contributed by atoms with van der Waals surface area (Å²) in [4.78, 5) is 12.3. The Hall–Kier alpha value is -2.34. The average Bonchev–Trinajstić information content (AvgIpc) is 2.97. The lowest BCUT2D eigenvalue weighted by Gasteiger charge is -2.19. The van der Waals surface area contributed by atoms with Crippen LogP contribution in [0, 0.1) is 20.8 Å². The molecule has 24 heavy (non-hydrogen) atoms. The Morgan fingerprint density at radius 1 is 1.25 bits per heavy atom.